The molecule has 0 atom stereocenters. The summed E-state index contributed by atoms with van der Waals surface area (Å²) in [6, 6.07) is 16.9. The van der Waals surface area contributed by atoms with E-state index in [0.29, 0.717) is 22.6 Å². The average Bonchev–Trinajstić information content (AvgIpc) is 2.91. The van der Waals surface area contributed by atoms with E-state index >= 15 is 0 Å². The number of anilines is 1. The predicted molar refractivity (Wildman–Crippen MR) is 143 cm³/mol. The van der Waals surface area contributed by atoms with Crippen molar-refractivity contribution in [2.75, 3.05) is 18.0 Å². The Bertz CT molecular complexity index is 1440. The maximum Gasteiger partial charge on any atom is 0.335 e. The Morgan fingerprint density at radius 2 is 1.68 bits per heavy atom. The number of nitrogens with one attached hydrogen (secondary N) is 1. The molecule has 0 fully saturated rings. The monoisotopic (exact) mass is 558 g/mol. The topological polar surface area (TPSA) is 130 Å². The zero-order valence-corrected chi connectivity index (χ0v) is 22.4. The van der Waals surface area contributed by atoms with Gasteiger partial charge in [0, 0.05) is 18.0 Å². The fourth-order valence-electron chi connectivity index (χ4n) is 3.67. The van der Waals surface area contributed by atoms with E-state index in [1.165, 1.54) is 31.4 Å². The standard InChI is InChI=1S/C27H27ClN2O7S/c1-18-23(28)7-4-8-24(18)30(17-25(31)29-16-20-5-3-6-21(15-20)27(33)34)38(35,36)22-12-9-19(10-13-22)11-14-26(32)37-2/h3-10,12-13,15H,11,14,16-17H2,1-2H3,(H,29,31)(H,33,34). The Kier molecular flexibility index (Phi) is 9.49. The average molecular weight is 559 g/mol. The Morgan fingerprint density at radius 3 is 2.34 bits per heavy atom. The van der Waals surface area contributed by atoms with Crippen LogP contribution in [0.5, 0.6) is 0 Å². The second-order valence-electron chi connectivity index (χ2n) is 8.40. The number of halogens is 1. The molecule has 3 aromatic carbocycles. The van der Waals surface area contributed by atoms with Crippen molar-refractivity contribution in [3.8, 4) is 0 Å². The molecule has 11 heteroatoms. The molecule has 200 valence electrons. The quantitative estimate of drug-likeness (QED) is 0.341. The van der Waals surface area contributed by atoms with Crippen LogP contribution in [0, 0.1) is 6.92 Å². The normalized spacial score (nSPS) is 11.0. The van der Waals surface area contributed by atoms with E-state index < -0.39 is 28.4 Å². The number of sulfonamides is 1. The third-order valence-electron chi connectivity index (χ3n) is 5.82. The third kappa shape index (κ3) is 7.11. The largest absolute Gasteiger partial charge is 0.478 e. The van der Waals surface area contributed by atoms with Gasteiger partial charge in [-0.25, -0.2) is 13.2 Å². The maximum atomic E-state index is 13.7. The molecule has 38 heavy (non-hydrogen) atoms. The van der Waals surface area contributed by atoms with E-state index in [-0.39, 0.29) is 35.1 Å². The lowest BCUT2D eigenvalue weighted by Gasteiger charge is -2.26. The molecular formula is C27H27ClN2O7S. The van der Waals surface area contributed by atoms with Gasteiger partial charge < -0.3 is 15.2 Å². The number of methoxy groups -OCH3 is 1. The molecule has 0 heterocycles. The van der Waals surface area contributed by atoms with Crippen LogP contribution in [0.25, 0.3) is 0 Å². The number of aromatic carboxylic acids is 1. The molecule has 0 spiro atoms. The second-order valence-corrected chi connectivity index (χ2v) is 10.7. The van der Waals surface area contributed by atoms with E-state index in [1.54, 1.807) is 49.4 Å². The highest BCUT2D eigenvalue weighted by Gasteiger charge is 2.29. The van der Waals surface area contributed by atoms with Crippen LogP contribution in [0.2, 0.25) is 5.02 Å². The molecule has 0 radical (unpaired) electrons. The van der Waals surface area contributed by atoms with Crippen LogP contribution < -0.4 is 9.62 Å². The molecule has 0 aliphatic carbocycles. The molecule has 0 saturated heterocycles. The van der Waals surface area contributed by atoms with Crippen LogP contribution in [0.3, 0.4) is 0 Å². The summed E-state index contributed by atoms with van der Waals surface area (Å²) in [5, 5.41) is 12.2. The Morgan fingerprint density at radius 1 is 1.00 bits per heavy atom. The minimum absolute atomic E-state index is 0.0112. The summed E-state index contributed by atoms with van der Waals surface area (Å²) >= 11 is 6.26. The minimum atomic E-state index is -4.20. The fourth-order valence-corrected chi connectivity index (χ4v) is 5.32. The number of aryl methyl sites for hydroxylation is 1. The highest BCUT2D eigenvalue weighted by Crippen LogP contribution is 2.31. The van der Waals surface area contributed by atoms with E-state index in [0.717, 1.165) is 9.87 Å². The van der Waals surface area contributed by atoms with Gasteiger partial charge in [-0.1, -0.05) is 41.9 Å². The molecule has 3 aromatic rings. The predicted octanol–water partition coefficient (Wildman–Crippen LogP) is 3.96. The van der Waals surface area contributed by atoms with E-state index in [4.69, 9.17) is 16.7 Å². The van der Waals surface area contributed by atoms with Crippen LogP contribution in [-0.2, 0) is 37.3 Å². The number of carboxylic acids is 1. The first-order valence-corrected chi connectivity index (χ1v) is 13.4. The molecule has 0 unspecified atom stereocenters. The van der Waals surface area contributed by atoms with Gasteiger partial charge >= 0.3 is 11.9 Å². The smallest absolute Gasteiger partial charge is 0.335 e. The summed E-state index contributed by atoms with van der Waals surface area (Å²) in [5.41, 5.74) is 2.10. The lowest BCUT2D eigenvalue weighted by atomic mass is 10.1. The van der Waals surface area contributed by atoms with Gasteiger partial charge in [0.1, 0.15) is 6.54 Å². The minimum Gasteiger partial charge on any atom is -0.478 e. The molecule has 0 aliphatic rings. The van der Waals surface area contributed by atoms with Gasteiger partial charge in [0.15, 0.2) is 0 Å². The molecule has 3 rings (SSSR count). The van der Waals surface area contributed by atoms with Gasteiger partial charge in [0.2, 0.25) is 5.91 Å². The lowest BCUT2D eigenvalue weighted by molar-refractivity contribution is -0.140. The van der Waals surface area contributed by atoms with E-state index in [2.05, 4.69) is 10.1 Å². The van der Waals surface area contributed by atoms with Crippen molar-refractivity contribution in [3.05, 3.63) is 94.0 Å². The summed E-state index contributed by atoms with van der Waals surface area (Å²) in [5.74, 6) is -2.06. The van der Waals surface area contributed by atoms with Crippen molar-refractivity contribution in [1.29, 1.82) is 0 Å². The van der Waals surface area contributed by atoms with Crippen LogP contribution in [0.1, 0.15) is 33.5 Å². The third-order valence-corrected chi connectivity index (χ3v) is 8.00. The number of hydrogen-bond donors (Lipinski definition) is 2. The molecule has 0 aliphatic heterocycles. The van der Waals surface area contributed by atoms with Crippen molar-refractivity contribution in [1.82, 2.24) is 5.32 Å². The number of hydrogen-bond acceptors (Lipinski definition) is 6. The lowest BCUT2D eigenvalue weighted by Crippen LogP contribution is -2.41. The Hall–Kier alpha value is -3.89. The second kappa shape index (κ2) is 12.6. The fraction of sp³-hybridized carbons (Fsp3) is 0.222. The number of amides is 1. The van der Waals surface area contributed by atoms with Gasteiger partial charge in [-0.15, -0.1) is 0 Å². The van der Waals surface area contributed by atoms with Gasteiger partial charge in [0.05, 0.1) is 23.3 Å². The molecule has 0 aromatic heterocycles. The SMILES string of the molecule is COC(=O)CCc1ccc(S(=O)(=O)N(CC(=O)NCc2cccc(C(=O)O)c2)c2cccc(Cl)c2C)cc1. The first-order chi connectivity index (χ1) is 18.0. The summed E-state index contributed by atoms with van der Waals surface area (Å²) < 4.78 is 33.0. The van der Waals surface area contributed by atoms with Gasteiger partial charge in [-0.05, 0) is 66.4 Å². The van der Waals surface area contributed by atoms with E-state index in [1.807, 2.05) is 0 Å². The Labute approximate surface area is 226 Å². The number of carbonyl (C=O) groups excluding carboxylic acids is 2. The number of rotatable bonds is 11. The first-order valence-electron chi connectivity index (χ1n) is 11.6. The zero-order chi connectivity index (χ0) is 27.9. The zero-order valence-electron chi connectivity index (χ0n) is 20.8. The molecule has 9 nitrogen and oxygen atoms in total. The van der Waals surface area contributed by atoms with Crippen molar-refractivity contribution < 1.29 is 32.6 Å². The van der Waals surface area contributed by atoms with Crippen LogP contribution in [0.15, 0.2) is 71.6 Å². The number of benzene rings is 3. The number of carboxylic acid groups (broad SMARTS) is 1. The molecule has 0 bridgehead atoms. The van der Waals surface area contributed by atoms with Crippen LogP contribution in [0.4, 0.5) is 5.69 Å². The molecular weight excluding hydrogens is 532 g/mol. The summed E-state index contributed by atoms with van der Waals surface area (Å²) in [7, 11) is -2.90. The molecule has 2 N–H and O–H groups in total. The maximum absolute atomic E-state index is 13.7. The van der Waals surface area contributed by atoms with Crippen molar-refractivity contribution >= 4 is 45.2 Å². The first kappa shape index (κ1) is 28.7. The van der Waals surface area contributed by atoms with E-state index in [9.17, 15) is 22.8 Å². The highest BCUT2D eigenvalue weighted by atomic mass is 35.5. The van der Waals surface area contributed by atoms with Crippen LogP contribution in [-0.4, -0.2) is 45.0 Å². The Balaban J connectivity index is 1.86. The summed E-state index contributed by atoms with van der Waals surface area (Å²) in [6.07, 6.45) is 0.543. The molecule has 1 amide bonds. The number of carbonyl (C=O) groups is 3. The van der Waals surface area contributed by atoms with Crippen LogP contribution >= 0.6 is 11.6 Å². The van der Waals surface area contributed by atoms with Gasteiger partial charge in [0.25, 0.3) is 10.0 Å². The van der Waals surface area contributed by atoms with Gasteiger partial charge in [-0.3, -0.25) is 13.9 Å². The van der Waals surface area contributed by atoms with Gasteiger partial charge in [-0.2, -0.15) is 0 Å². The number of nitrogens with zero attached hydrogens (tertiary/aromatic N) is 1. The highest BCUT2D eigenvalue weighted by molar-refractivity contribution is 7.92. The summed E-state index contributed by atoms with van der Waals surface area (Å²) in [4.78, 5) is 35.5. The van der Waals surface area contributed by atoms with Crippen molar-refractivity contribution in [2.24, 2.45) is 0 Å². The molecule has 0 saturated carbocycles. The number of esters is 1. The number of ether oxygens (including phenoxy) is 1. The summed E-state index contributed by atoms with van der Waals surface area (Å²) in [6.45, 7) is 1.13. The van der Waals surface area contributed by atoms with Crippen molar-refractivity contribution in [3.63, 3.8) is 0 Å². The van der Waals surface area contributed by atoms with Crippen molar-refractivity contribution in [2.45, 2.75) is 31.2 Å².